The molecule has 0 aliphatic heterocycles. The Bertz CT molecular complexity index is 255. The Labute approximate surface area is 116 Å². The first-order chi connectivity index (χ1) is 9.06. The Morgan fingerprint density at radius 2 is 1.68 bits per heavy atom. The molecule has 0 bridgehead atoms. The lowest BCUT2D eigenvalue weighted by Crippen LogP contribution is -2.38. The lowest BCUT2D eigenvalue weighted by molar-refractivity contribution is -0.126. The van der Waals surface area contributed by atoms with E-state index in [1.807, 2.05) is 13.8 Å². The van der Waals surface area contributed by atoms with Crippen LogP contribution >= 0.6 is 0 Å². The minimum Gasteiger partial charge on any atom is -0.355 e. The van der Waals surface area contributed by atoms with E-state index in [1.54, 1.807) is 0 Å². The van der Waals surface area contributed by atoms with Crippen molar-refractivity contribution in [2.75, 3.05) is 19.6 Å². The van der Waals surface area contributed by atoms with Crippen LogP contribution in [-0.4, -0.2) is 37.5 Å². The predicted octanol–water partition coefficient (Wildman–Crippen LogP) is 1.19. The summed E-state index contributed by atoms with van der Waals surface area (Å²) < 4.78 is 0. The van der Waals surface area contributed by atoms with Crippen LogP contribution in [0.3, 0.4) is 0 Å². The topological polar surface area (TPSA) is 70.2 Å². The van der Waals surface area contributed by atoms with E-state index in [9.17, 15) is 9.59 Å². The van der Waals surface area contributed by atoms with Crippen molar-refractivity contribution < 1.29 is 9.59 Å². The summed E-state index contributed by atoms with van der Waals surface area (Å²) in [5, 5.41) is 8.58. The molecule has 0 spiro atoms. The molecule has 0 fully saturated rings. The molecular weight excluding hydrogens is 242 g/mol. The highest BCUT2D eigenvalue weighted by Crippen LogP contribution is 1.96. The van der Waals surface area contributed by atoms with E-state index >= 15 is 0 Å². The number of carbonyl (C=O) groups excluding carboxylic acids is 2. The van der Waals surface area contributed by atoms with Crippen molar-refractivity contribution in [3.63, 3.8) is 0 Å². The second-order valence-electron chi connectivity index (χ2n) is 5.05. The number of nitrogens with one attached hydrogen (secondary N) is 3. The smallest absolute Gasteiger partial charge is 0.239 e. The van der Waals surface area contributed by atoms with Crippen LogP contribution in [0.5, 0.6) is 0 Å². The van der Waals surface area contributed by atoms with Gasteiger partial charge in [0.1, 0.15) is 0 Å². The largest absolute Gasteiger partial charge is 0.355 e. The molecule has 0 unspecified atom stereocenters. The van der Waals surface area contributed by atoms with Crippen molar-refractivity contribution in [3.05, 3.63) is 0 Å². The van der Waals surface area contributed by atoms with E-state index in [2.05, 4.69) is 22.9 Å². The SMILES string of the molecule is CCCCCCNC(=O)CNC(=O)CCNC(C)C. The fraction of sp³-hybridized carbons (Fsp3) is 0.857. The second-order valence-corrected chi connectivity index (χ2v) is 5.05. The van der Waals surface area contributed by atoms with Crippen LogP contribution < -0.4 is 16.0 Å². The van der Waals surface area contributed by atoms with Gasteiger partial charge in [0.05, 0.1) is 6.54 Å². The molecule has 0 heterocycles. The van der Waals surface area contributed by atoms with Gasteiger partial charge >= 0.3 is 0 Å². The maximum absolute atomic E-state index is 11.4. The summed E-state index contributed by atoms with van der Waals surface area (Å²) in [5.74, 6) is -0.198. The van der Waals surface area contributed by atoms with Crippen molar-refractivity contribution in [2.45, 2.75) is 58.9 Å². The van der Waals surface area contributed by atoms with Gasteiger partial charge in [-0.1, -0.05) is 40.0 Å². The van der Waals surface area contributed by atoms with Crippen molar-refractivity contribution in [2.24, 2.45) is 0 Å². The standard InChI is InChI=1S/C14H29N3O2/c1-4-5-6-7-9-16-14(19)11-17-13(18)8-10-15-12(2)3/h12,15H,4-11H2,1-3H3,(H,16,19)(H,17,18). The quantitative estimate of drug-likeness (QED) is 0.494. The Kier molecular flexibility index (Phi) is 11.3. The molecule has 0 saturated carbocycles. The van der Waals surface area contributed by atoms with Gasteiger partial charge in [-0.05, 0) is 6.42 Å². The van der Waals surface area contributed by atoms with E-state index in [0.717, 1.165) is 12.8 Å². The highest BCUT2D eigenvalue weighted by Gasteiger charge is 2.05. The Hall–Kier alpha value is -1.10. The van der Waals surface area contributed by atoms with Crippen LogP contribution in [0, 0.1) is 0 Å². The molecule has 0 atom stereocenters. The summed E-state index contributed by atoms with van der Waals surface area (Å²) >= 11 is 0. The van der Waals surface area contributed by atoms with Gasteiger partial charge in [-0.15, -0.1) is 0 Å². The zero-order valence-corrected chi connectivity index (χ0v) is 12.6. The third-order valence-electron chi connectivity index (χ3n) is 2.70. The molecule has 0 aromatic carbocycles. The monoisotopic (exact) mass is 271 g/mol. The number of hydrogen-bond acceptors (Lipinski definition) is 3. The molecule has 3 N–H and O–H groups in total. The third-order valence-corrected chi connectivity index (χ3v) is 2.70. The van der Waals surface area contributed by atoms with Gasteiger partial charge in [0, 0.05) is 25.6 Å². The first-order valence-electron chi connectivity index (χ1n) is 7.33. The molecule has 0 saturated heterocycles. The Balaban J connectivity index is 3.43. The molecule has 5 heteroatoms. The van der Waals surface area contributed by atoms with E-state index < -0.39 is 0 Å². The van der Waals surface area contributed by atoms with E-state index in [4.69, 9.17) is 0 Å². The van der Waals surface area contributed by atoms with Gasteiger partial charge in [-0.3, -0.25) is 9.59 Å². The molecule has 19 heavy (non-hydrogen) atoms. The average Bonchev–Trinajstić information content (AvgIpc) is 2.35. The maximum Gasteiger partial charge on any atom is 0.239 e. The molecule has 0 aliphatic carbocycles. The molecular formula is C14H29N3O2. The number of hydrogen-bond donors (Lipinski definition) is 3. The zero-order valence-electron chi connectivity index (χ0n) is 12.6. The molecule has 0 aliphatic rings. The molecule has 5 nitrogen and oxygen atoms in total. The van der Waals surface area contributed by atoms with Gasteiger partial charge in [0.2, 0.25) is 11.8 Å². The first kappa shape index (κ1) is 17.9. The van der Waals surface area contributed by atoms with E-state index in [1.165, 1.54) is 12.8 Å². The fourth-order valence-electron chi connectivity index (χ4n) is 1.58. The summed E-state index contributed by atoms with van der Waals surface area (Å²) in [7, 11) is 0. The van der Waals surface area contributed by atoms with Crippen molar-refractivity contribution >= 4 is 11.8 Å². The van der Waals surface area contributed by atoms with Crippen LogP contribution in [0.15, 0.2) is 0 Å². The lowest BCUT2D eigenvalue weighted by Gasteiger charge is -2.09. The van der Waals surface area contributed by atoms with Gasteiger partial charge in [0.25, 0.3) is 0 Å². The van der Waals surface area contributed by atoms with Crippen LogP contribution in [0.4, 0.5) is 0 Å². The summed E-state index contributed by atoms with van der Waals surface area (Å²) in [6.45, 7) is 7.63. The number of unbranched alkanes of at least 4 members (excludes halogenated alkanes) is 3. The molecule has 0 rings (SSSR count). The zero-order chi connectivity index (χ0) is 14.5. The van der Waals surface area contributed by atoms with Crippen LogP contribution in [0.25, 0.3) is 0 Å². The minimum atomic E-state index is -0.110. The Morgan fingerprint density at radius 3 is 2.32 bits per heavy atom. The van der Waals surface area contributed by atoms with Crippen molar-refractivity contribution in [1.29, 1.82) is 0 Å². The summed E-state index contributed by atoms with van der Waals surface area (Å²) in [4.78, 5) is 22.8. The molecule has 0 radical (unpaired) electrons. The normalized spacial score (nSPS) is 10.5. The fourth-order valence-corrected chi connectivity index (χ4v) is 1.58. The molecule has 0 aromatic heterocycles. The highest BCUT2D eigenvalue weighted by molar-refractivity contribution is 5.84. The number of amides is 2. The third kappa shape index (κ3) is 13.1. The van der Waals surface area contributed by atoms with Gasteiger partial charge < -0.3 is 16.0 Å². The van der Waals surface area contributed by atoms with Gasteiger partial charge in [-0.25, -0.2) is 0 Å². The van der Waals surface area contributed by atoms with Crippen LogP contribution in [-0.2, 0) is 9.59 Å². The Morgan fingerprint density at radius 1 is 0.947 bits per heavy atom. The lowest BCUT2D eigenvalue weighted by atomic mass is 10.2. The molecule has 0 aromatic rings. The molecule has 112 valence electrons. The maximum atomic E-state index is 11.4. The average molecular weight is 271 g/mol. The van der Waals surface area contributed by atoms with E-state index in [0.29, 0.717) is 25.6 Å². The summed E-state index contributed by atoms with van der Waals surface area (Å²) in [6, 6.07) is 0.374. The van der Waals surface area contributed by atoms with Crippen LogP contribution in [0.2, 0.25) is 0 Å². The van der Waals surface area contributed by atoms with Crippen molar-refractivity contribution in [1.82, 2.24) is 16.0 Å². The number of rotatable bonds is 11. The predicted molar refractivity (Wildman–Crippen MR) is 77.9 cm³/mol. The van der Waals surface area contributed by atoms with Gasteiger partial charge in [0.15, 0.2) is 0 Å². The highest BCUT2D eigenvalue weighted by atomic mass is 16.2. The summed E-state index contributed by atoms with van der Waals surface area (Å²) in [6.07, 6.45) is 4.95. The summed E-state index contributed by atoms with van der Waals surface area (Å²) in [5.41, 5.74) is 0. The van der Waals surface area contributed by atoms with E-state index in [-0.39, 0.29) is 18.4 Å². The minimum absolute atomic E-state index is 0.0777. The van der Waals surface area contributed by atoms with Crippen LogP contribution in [0.1, 0.15) is 52.9 Å². The van der Waals surface area contributed by atoms with Crippen molar-refractivity contribution in [3.8, 4) is 0 Å². The second kappa shape index (κ2) is 12.0. The molecule has 2 amide bonds. The number of carbonyl (C=O) groups is 2. The first-order valence-corrected chi connectivity index (χ1v) is 7.33. The van der Waals surface area contributed by atoms with Gasteiger partial charge in [-0.2, -0.15) is 0 Å².